The van der Waals surface area contributed by atoms with Gasteiger partial charge in [-0.05, 0) is 26.0 Å². The summed E-state index contributed by atoms with van der Waals surface area (Å²) < 4.78 is 2.27. The number of nitrogens with zero attached hydrogens (tertiary/aromatic N) is 2. The highest BCUT2D eigenvalue weighted by Gasteiger charge is 2.23. The summed E-state index contributed by atoms with van der Waals surface area (Å²) in [4.78, 5) is 4.65. The highest BCUT2D eigenvalue weighted by atomic mass is 15.1. The number of fused-ring (bicyclic) bond motifs is 1. The Kier molecular flexibility index (Phi) is 2.72. The minimum atomic E-state index is -0.0819. The number of hydrogen-bond acceptors (Lipinski definition) is 2. The lowest BCUT2D eigenvalue weighted by atomic mass is 10.0. The molecule has 2 rings (SSSR count). The molecule has 0 saturated carbocycles. The summed E-state index contributed by atoms with van der Waals surface area (Å²) in [5.41, 5.74) is 8.01. The second-order valence-electron chi connectivity index (χ2n) is 4.72. The van der Waals surface area contributed by atoms with Crippen LogP contribution >= 0.6 is 0 Å². The Morgan fingerprint density at radius 1 is 1.31 bits per heavy atom. The molecule has 0 saturated heterocycles. The van der Waals surface area contributed by atoms with Crippen molar-refractivity contribution in [3.05, 3.63) is 30.1 Å². The monoisotopic (exact) mass is 217 g/mol. The Bertz CT molecular complexity index is 497. The van der Waals surface area contributed by atoms with E-state index in [0.717, 1.165) is 17.8 Å². The zero-order chi connectivity index (χ0) is 11.8. The lowest BCUT2D eigenvalue weighted by Crippen LogP contribution is -2.36. The van der Waals surface area contributed by atoms with Crippen molar-refractivity contribution < 1.29 is 0 Å². The Hall–Kier alpha value is -1.35. The summed E-state index contributed by atoms with van der Waals surface area (Å²) in [6, 6.07) is 8.23. The third-order valence-corrected chi connectivity index (χ3v) is 3.05. The van der Waals surface area contributed by atoms with Gasteiger partial charge in [0, 0.05) is 13.0 Å². The van der Waals surface area contributed by atoms with Crippen LogP contribution in [0.3, 0.4) is 0 Å². The number of hydrogen-bond donors (Lipinski definition) is 1. The average Bonchev–Trinajstić information content (AvgIpc) is 2.67. The normalized spacial score (nSPS) is 12.2. The summed E-state index contributed by atoms with van der Waals surface area (Å²) in [5.74, 6) is 1.11. The van der Waals surface area contributed by atoms with Crippen LogP contribution in [0.1, 0.15) is 26.6 Å². The van der Waals surface area contributed by atoms with Crippen molar-refractivity contribution in [1.29, 1.82) is 0 Å². The van der Waals surface area contributed by atoms with Crippen LogP contribution in [0.5, 0.6) is 0 Å². The molecule has 3 heteroatoms. The number of benzene rings is 1. The molecule has 0 spiro atoms. The Morgan fingerprint density at radius 2 is 2.00 bits per heavy atom. The van der Waals surface area contributed by atoms with E-state index >= 15 is 0 Å². The lowest BCUT2D eigenvalue weighted by molar-refractivity contribution is 0.366. The van der Waals surface area contributed by atoms with Crippen molar-refractivity contribution in [2.75, 3.05) is 6.54 Å². The van der Waals surface area contributed by atoms with E-state index < -0.39 is 0 Å². The fraction of sp³-hybridized carbons (Fsp3) is 0.462. The van der Waals surface area contributed by atoms with Gasteiger partial charge < -0.3 is 10.3 Å². The van der Waals surface area contributed by atoms with Crippen molar-refractivity contribution in [3.8, 4) is 0 Å². The summed E-state index contributed by atoms with van der Waals surface area (Å²) in [6.45, 7) is 7.05. The zero-order valence-corrected chi connectivity index (χ0v) is 10.2. The first kappa shape index (κ1) is 11.1. The number of para-hydroxylation sites is 2. The van der Waals surface area contributed by atoms with Crippen LogP contribution in [-0.4, -0.2) is 16.1 Å². The van der Waals surface area contributed by atoms with E-state index in [1.165, 1.54) is 5.52 Å². The molecule has 0 unspecified atom stereocenters. The van der Waals surface area contributed by atoms with Crippen LogP contribution in [0.15, 0.2) is 24.3 Å². The first-order valence-electron chi connectivity index (χ1n) is 5.77. The minimum absolute atomic E-state index is 0.0819. The molecule has 1 aromatic heterocycles. The van der Waals surface area contributed by atoms with Gasteiger partial charge in [-0.1, -0.05) is 19.1 Å². The summed E-state index contributed by atoms with van der Waals surface area (Å²) in [5, 5.41) is 0. The highest BCUT2D eigenvalue weighted by Crippen LogP contribution is 2.24. The van der Waals surface area contributed by atoms with Gasteiger partial charge in [0.2, 0.25) is 0 Å². The Morgan fingerprint density at radius 3 is 2.62 bits per heavy atom. The summed E-state index contributed by atoms with van der Waals surface area (Å²) in [6.07, 6.45) is 0.929. The van der Waals surface area contributed by atoms with Crippen molar-refractivity contribution in [2.24, 2.45) is 5.73 Å². The van der Waals surface area contributed by atoms with E-state index in [1.807, 2.05) is 12.1 Å². The zero-order valence-electron chi connectivity index (χ0n) is 10.2. The second kappa shape index (κ2) is 3.91. The molecule has 0 aliphatic heterocycles. The third-order valence-electron chi connectivity index (χ3n) is 3.05. The molecule has 2 aromatic rings. The van der Waals surface area contributed by atoms with Crippen LogP contribution in [0.4, 0.5) is 0 Å². The topological polar surface area (TPSA) is 43.8 Å². The average molecular weight is 217 g/mol. The van der Waals surface area contributed by atoms with Crippen LogP contribution < -0.4 is 5.73 Å². The fourth-order valence-corrected chi connectivity index (χ4v) is 2.08. The minimum Gasteiger partial charge on any atom is -0.328 e. The molecule has 0 fully saturated rings. The predicted molar refractivity (Wildman–Crippen MR) is 67.5 cm³/mol. The molecule has 0 atom stereocenters. The molecule has 86 valence electrons. The van der Waals surface area contributed by atoms with Crippen molar-refractivity contribution in [3.63, 3.8) is 0 Å². The maximum Gasteiger partial charge on any atom is 0.110 e. The van der Waals surface area contributed by atoms with Crippen LogP contribution in [-0.2, 0) is 12.0 Å². The van der Waals surface area contributed by atoms with E-state index in [9.17, 15) is 0 Å². The number of nitrogens with two attached hydrogens (primary N) is 1. The summed E-state index contributed by atoms with van der Waals surface area (Å²) >= 11 is 0. The maximum absolute atomic E-state index is 5.86. The van der Waals surface area contributed by atoms with Crippen LogP contribution in [0.25, 0.3) is 11.0 Å². The van der Waals surface area contributed by atoms with E-state index in [2.05, 4.69) is 42.5 Å². The molecule has 0 aliphatic carbocycles. The van der Waals surface area contributed by atoms with Gasteiger partial charge >= 0.3 is 0 Å². The highest BCUT2D eigenvalue weighted by molar-refractivity contribution is 5.76. The number of rotatable bonds is 3. The number of imidazole rings is 1. The first-order valence-corrected chi connectivity index (χ1v) is 5.77. The van der Waals surface area contributed by atoms with Gasteiger partial charge in [-0.25, -0.2) is 4.98 Å². The molecule has 2 N–H and O–H groups in total. The van der Waals surface area contributed by atoms with Gasteiger partial charge in [0.05, 0.1) is 16.6 Å². The van der Waals surface area contributed by atoms with Gasteiger partial charge in [0.1, 0.15) is 5.82 Å². The smallest absolute Gasteiger partial charge is 0.110 e. The number of aryl methyl sites for hydroxylation is 1. The van der Waals surface area contributed by atoms with Crippen molar-refractivity contribution in [2.45, 2.75) is 32.7 Å². The van der Waals surface area contributed by atoms with Gasteiger partial charge in [-0.2, -0.15) is 0 Å². The van der Waals surface area contributed by atoms with Gasteiger partial charge in [0.25, 0.3) is 0 Å². The van der Waals surface area contributed by atoms with E-state index in [4.69, 9.17) is 5.73 Å². The van der Waals surface area contributed by atoms with Crippen molar-refractivity contribution >= 4 is 11.0 Å². The number of aromatic nitrogens is 2. The van der Waals surface area contributed by atoms with Gasteiger partial charge in [0.15, 0.2) is 0 Å². The van der Waals surface area contributed by atoms with Crippen molar-refractivity contribution in [1.82, 2.24) is 9.55 Å². The Labute approximate surface area is 96.3 Å². The molecular weight excluding hydrogens is 198 g/mol. The first-order chi connectivity index (χ1) is 7.60. The second-order valence-corrected chi connectivity index (χ2v) is 4.72. The lowest BCUT2D eigenvalue weighted by Gasteiger charge is -2.27. The molecular formula is C13H19N3. The molecule has 16 heavy (non-hydrogen) atoms. The molecule has 0 aliphatic rings. The van der Waals surface area contributed by atoms with Gasteiger partial charge in [-0.15, -0.1) is 0 Å². The standard InChI is InChI=1S/C13H19N3/c1-4-12-15-10-7-5-6-8-11(10)16(12)13(2,3)9-14/h5-8H,4,9,14H2,1-3H3. The largest absolute Gasteiger partial charge is 0.328 e. The van der Waals surface area contributed by atoms with Crippen LogP contribution in [0, 0.1) is 0 Å². The molecule has 3 nitrogen and oxygen atoms in total. The molecule has 0 bridgehead atoms. The maximum atomic E-state index is 5.86. The Balaban J connectivity index is 2.74. The van der Waals surface area contributed by atoms with E-state index in [1.54, 1.807) is 0 Å². The van der Waals surface area contributed by atoms with Gasteiger partial charge in [-0.3, -0.25) is 0 Å². The van der Waals surface area contributed by atoms with Crippen LogP contribution in [0.2, 0.25) is 0 Å². The van der Waals surface area contributed by atoms with E-state index in [0.29, 0.717) is 6.54 Å². The molecule has 0 radical (unpaired) electrons. The predicted octanol–water partition coefficient (Wildman–Crippen LogP) is 2.29. The summed E-state index contributed by atoms with van der Waals surface area (Å²) in [7, 11) is 0. The SMILES string of the molecule is CCc1nc2ccccc2n1C(C)(C)CN. The fourth-order valence-electron chi connectivity index (χ4n) is 2.08. The quantitative estimate of drug-likeness (QED) is 0.857. The third kappa shape index (κ3) is 1.61. The molecule has 1 aromatic carbocycles. The van der Waals surface area contributed by atoms with E-state index in [-0.39, 0.29) is 5.54 Å². The molecule has 0 amide bonds. The molecule has 1 heterocycles.